The Hall–Kier alpha value is -12.0. The fourth-order valence-corrected chi connectivity index (χ4v) is 14.4. The average molecular weight is 1810 g/mol. The van der Waals surface area contributed by atoms with E-state index in [-0.39, 0.29) is 80.7 Å². The molecule has 6 atom stereocenters. The van der Waals surface area contributed by atoms with Gasteiger partial charge in [0.1, 0.15) is 38.9 Å². The molecule has 12 rings (SSSR count). The number of fused-ring (bicyclic) bond motifs is 6. The van der Waals surface area contributed by atoms with Gasteiger partial charge in [-0.05, 0) is 161 Å². The highest BCUT2D eigenvalue weighted by molar-refractivity contribution is 6.31. The molecule has 0 saturated heterocycles. The van der Waals surface area contributed by atoms with Crippen molar-refractivity contribution in [2.45, 2.75) is 300 Å². The summed E-state index contributed by atoms with van der Waals surface area (Å²) in [6, 6.07) is 14.2. The van der Waals surface area contributed by atoms with Gasteiger partial charge < -0.3 is 76.9 Å². The third kappa shape index (κ3) is 31.7. The highest BCUT2D eigenvalue weighted by Crippen LogP contribution is 2.35. The number of aryl methyl sites for hydroxylation is 1. The molecular formula is C92H137Cl2FN32O2. The van der Waals surface area contributed by atoms with Crippen LogP contribution in [0.2, 0.25) is 10.0 Å². The molecule has 0 aromatic carbocycles. The second kappa shape index (κ2) is 49.0. The number of rotatable bonds is 37. The molecule has 0 saturated carbocycles. The Morgan fingerprint density at radius 2 is 0.612 bits per heavy atom. The average Bonchev–Trinajstić information content (AvgIpc) is 0.770. The van der Waals surface area contributed by atoms with Crippen LogP contribution >= 0.6 is 23.2 Å². The van der Waals surface area contributed by atoms with E-state index in [0.29, 0.717) is 85.0 Å². The van der Waals surface area contributed by atoms with Crippen LogP contribution < -0.4 is 76.9 Å². The molecule has 0 bridgehead atoms. The molecule has 0 spiro atoms. The normalized spacial score (nSPS) is 13.9. The lowest BCUT2D eigenvalue weighted by Gasteiger charge is -2.32. The van der Waals surface area contributed by atoms with Crippen molar-refractivity contribution in [2.24, 2.45) is 0 Å². The third-order valence-electron chi connectivity index (χ3n) is 22.6. The second-order valence-electron chi connectivity index (χ2n) is 34.3. The van der Waals surface area contributed by atoms with Crippen molar-refractivity contribution < 1.29 is 14.0 Å². The maximum absolute atomic E-state index is 13.3. The van der Waals surface area contributed by atoms with Gasteiger partial charge in [-0.2, -0.15) is 29.9 Å². The molecule has 698 valence electrons. The number of nitrogens with zero attached hydrogens (tertiary/aromatic N) is 18. The molecule has 12 heterocycles. The number of nitrogens with one attached hydrogen (secondary N) is 8. The van der Waals surface area contributed by atoms with Crippen LogP contribution in [-0.4, -0.2) is 148 Å². The summed E-state index contributed by atoms with van der Waals surface area (Å²) < 4.78 is 13.3. The predicted molar refractivity (Wildman–Crippen MR) is 528 cm³/mol. The van der Waals surface area contributed by atoms with Gasteiger partial charge in [0.2, 0.25) is 47.5 Å². The Morgan fingerprint density at radius 1 is 0.333 bits per heavy atom. The third-order valence-corrected chi connectivity index (χ3v) is 23.0. The molecule has 0 aliphatic rings. The van der Waals surface area contributed by atoms with E-state index in [1.165, 1.54) is 39.0 Å². The van der Waals surface area contributed by atoms with E-state index < -0.39 is 5.82 Å². The van der Waals surface area contributed by atoms with E-state index in [0.717, 1.165) is 167 Å². The zero-order valence-electron chi connectivity index (χ0n) is 78.8. The number of amides is 2. The van der Waals surface area contributed by atoms with Gasteiger partial charge in [0.15, 0.2) is 34.9 Å². The molecule has 0 fully saturated rings. The second-order valence-corrected chi connectivity index (χ2v) is 35.2. The number of nitrogen functional groups attached to an aromatic ring is 6. The van der Waals surface area contributed by atoms with Crippen LogP contribution in [0, 0.1) is 12.7 Å². The number of unbranched alkanes of at least 4 members (excludes halogenated alkanes) is 5. The first-order valence-electron chi connectivity index (χ1n) is 44.9. The Kier molecular flexibility index (Phi) is 39.5. The largest absolute Gasteiger partial charge is 0.368 e. The lowest BCUT2D eigenvalue weighted by molar-refractivity contribution is -0.120. The van der Waals surface area contributed by atoms with E-state index in [4.69, 9.17) is 57.6 Å². The fraction of sp³-hybridized carbons (Fsp3) is 0.522. The summed E-state index contributed by atoms with van der Waals surface area (Å²) in [5.74, 6) is 4.53. The molecule has 12 aromatic rings. The maximum Gasteiger partial charge on any atom is 0.222 e. The van der Waals surface area contributed by atoms with Crippen molar-refractivity contribution in [3.63, 3.8) is 0 Å². The van der Waals surface area contributed by atoms with Crippen molar-refractivity contribution in [1.29, 1.82) is 0 Å². The number of carbonyl (C=O) groups excluding carboxylic acids is 2. The van der Waals surface area contributed by atoms with Crippen molar-refractivity contribution >= 4 is 172 Å². The SMILES string of the molecule is CCCC[C@@](C)(CC)Nc1nc(N)nc2cc(Cl)cnc12.CCCC[C@@](C)(CC)Nc1nc(N)nc2cc(F)cnc12.CCCC[C@@](C)(CC)Nc1nc(N)nc2cccnc12.CCCC[C@@](C)(CNC(C)=O)Nc1nc(N)nc2c(C)ccnc12.CCCC[C@@](C)(CNC(C)=O)Nc1nc(N)nc2cc(Cl)cnc12.CCC[C@](C)(CC)Nc1nc(N)nc2cccnc12. The molecule has 2 amide bonds. The molecule has 37 heteroatoms. The van der Waals surface area contributed by atoms with Crippen molar-refractivity contribution in [1.82, 2.24) is 100 Å². The molecule has 34 nitrogen and oxygen atoms in total. The Balaban J connectivity index is 0.000000212. The number of carbonyl (C=O) groups is 2. The Bertz CT molecular complexity index is 5520. The first-order valence-corrected chi connectivity index (χ1v) is 45.6. The van der Waals surface area contributed by atoms with E-state index in [1.54, 1.807) is 43.1 Å². The van der Waals surface area contributed by atoms with Gasteiger partial charge in [-0.1, -0.05) is 163 Å². The Labute approximate surface area is 768 Å². The van der Waals surface area contributed by atoms with Gasteiger partial charge in [-0.25, -0.2) is 49.2 Å². The summed E-state index contributed by atoms with van der Waals surface area (Å²) in [5.41, 5.74) is 42.9. The molecule has 20 N–H and O–H groups in total. The summed E-state index contributed by atoms with van der Waals surface area (Å²) in [6.07, 6.45) is 31.8. The number of hydrogen-bond donors (Lipinski definition) is 14. The van der Waals surface area contributed by atoms with Gasteiger partial charge >= 0.3 is 0 Å². The minimum absolute atomic E-state index is 0.00000520. The molecule has 12 aromatic heterocycles. The molecule has 0 radical (unpaired) electrons. The minimum atomic E-state index is -0.434. The summed E-state index contributed by atoms with van der Waals surface area (Å²) in [6.45, 7) is 40.5. The molecule has 129 heavy (non-hydrogen) atoms. The highest BCUT2D eigenvalue weighted by Gasteiger charge is 2.31. The Morgan fingerprint density at radius 3 is 0.938 bits per heavy atom. The van der Waals surface area contributed by atoms with E-state index in [9.17, 15) is 14.0 Å². The quantitative estimate of drug-likeness (QED) is 0.0172. The van der Waals surface area contributed by atoms with Crippen LogP contribution in [-0.2, 0) is 9.59 Å². The van der Waals surface area contributed by atoms with Crippen molar-refractivity contribution in [2.75, 3.05) is 79.4 Å². The fourth-order valence-electron chi connectivity index (χ4n) is 14.1. The van der Waals surface area contributed by atoms with Crippen molar-refractivity contribution in [3.05, 3.63) is 107 Å². The molecule has 0 unspecified atom stereocenters. The number of hydrogen-bond acceptors (Lipinski definition) is 32. The van der Waals surface area contributed by atoms with Crippen LogP contribution in [0.1, 0.15) is 265 Å². The van der Waals surface area contributed by atoms with E-state index >= 15 is 0 Å². The smallest absolute Gasteiger partial charge is 0.222 e. The maximum atomic E-state index is 13.3. The number of anilines is 12. The minimum Gasteiger partial charge on any atom is -0.368 e. The van der Waals surface area contributed by atoms with Crippen LogP contribution in [0.5, 0.6) is 0 Å². The number of pyridine rings is 6. The zero-order valence-corrected chi connectivity index (χ0v) is 80.3. The van der Waals surface area contributed by atoms with Crippen LogP contribution in [0.3, 0.4) is 0 Å². The predicted octanol–water partition coefficient (Wildman–Crippen LogP) is 19.1. The monoisotopic (exact) mass is 1810 g/mol. The van der Waals surface area contributed by atoms with E-state index in [1.807, 2.05) is 44.2 Å². The highest BCUT2D eigenvalue weighted by atomic mass is 35.5. The lowest BCUT2D eigenvalue weighted by atomic mass is 9.92. The van der Waals surface area contributed by atoms with Crippen molar-refractivity contribution in [3.8, 4) is 0 Å². The van der Waals surface area contributed by atoms with Crippen LogP contribution in [0.25, 0.3) is 66.2 Å². The standard InChI is InChI=1S/C17H26N6O.C16H23ClN6O.C15H22ClN5.C15H22FN5.C15H23N5.C14H21N5/c1-5-6-8-17(4,10-20-12(3)24)23-15-14-13(21-16(18)22-15)11(2)7-9-19-14;1-4-5-6-16(3,9-20-10(2)24)23-14-13-12(21-15(18)22-14)7-11(17)8-19-13;2*1-4-6-7-15(3,5-2)21-13-12-11(19-14(17)20-13)8-10(16)9-18-12;1-4-6-9-15(3,5-2)20-13-12-11(8-7-10-17-12)18-14(16)19-13;1-4-8-14(3,5-2)19-12-11-10(7-6-9-16-11)17-13(15)18-12/h7,9H,5-6,8,10H2,1-4H3,(H,20,24)(H3,18,21,22,23);7-8H,4-6,9H2,1-3H3,(H,20,24)(H3,18,21,22,23);2*8-9H,4-7H2,1-3H3,(H3,17,19,20,21);7-8,10H,4-6,9H2,1-3H3,(H3,16,18,19,20);6-7,9H,4-5,8H2,1-3H3,(H3,15,17,18,19)/t17-;16-;3*15-;14-/m001110/s1. The first-order chi connectivity index (χ1) is 61.3. The van der Waals surface area contributed by atoms with E-state index in [2.05, 4.69) is 236 Å². The summed E-state index contributed by atoms with van der Waals surface area (Å²) >= 11 is 11.9. The van der Waals surface area contributed by atoms with Gasteiger partial charge in [0.05, 0.1) is 60.4 Å². The van der Waals surface area contributed by atoms with Gasteiger partial charge in [0.25, 0.3) is 0 Å². The van der Waals surface area contributed by atoms with Gasteiger partial charge in [0, 0.05) is 86.1 Å². The van der Waals surface area contributed by atoms with Crippen LogP contribution in [0.15, 0.2) is 85.7 Å². The van der Waals surface area contributed by atoms with Crippen LogP contribution in [0.4, 0.5) is 75.0 Å². The first kappa shape index (κ1) is 104. The summed E-state index contributed by atoms with van der Waals surface area (Å²) in [7, 11) is 0. The number of aromatic nitrogens is 18. The summed E-state index contributed by atoms with van der Waals surface area (Å²) in [4.78, 5) is 99.5. The molecule has 0 aliphatic carbocycles. The topological polar surface area (TPSA) is 519 Å². The lowest BCUT2D eigenvalue weighted by Crippen LogP contribution is -2.46. The number of halogens is 3. The zero-order chi connectivity index (χ0) is 94.9. The molecule has 0 aliphatic heterocycles. The number of nitrogens with two attached hydrogens (primary N) is 6. The summed E-state index contributed by atoms with van der Waals surface area (Å²) in [5, 5.41) is 27.6. The molecular weight excluding hydrogens is 1680 g/mol. The van der Waals surface area contributed by atoms with Gasteiger partial charge in [-0.3, -0.25) is 24.5 Å². The van der Waals surface area contributed by atoms with Gasteiger partial charge in [-0.15, -0.1) is 0 Å².